The lowest BCUT2D eigenvalue weighted by atomic mass is 9.80. The molecule has 1 radical (unpaired) electrons. The molecule has 0 aromatic rings. The van der Waals surface area contributed by atoms with Gasteiger partial charge in [0.05, 0.1) is 0 Å². The van der Waals surface area contributed by atoms with Crippen molar-refractivity contribution in [3.63, 3.8) is 0 Å². The first-order valence-electron chi connectivity index (χ1n) is 6.35. The van der Waals surface area contributed by atoms with Gasteiger partial charge in [0.15, 0.2) is 0 Å². The lowest BCUT2D eigenvalue weighted by Gasteiger charge is -2.25. The van der Waals surface area contributed by atoms with Crippen LogP contribution in [-0.2, 0) is 0 Å². The molecule has 0 aromatic heterocycles. The third-order valence-corrected chi connectivity index (χ3v) is 3.43. The average molecular weight is 197 g/mol. The van der Waals surface area contributed by atoms with Gasteiger partial charge in [0, 0.05) is 0 Å². The summed E-state index contributed by atoms with van der Waals surface area (Å²) in [6.45, 7) is 14.0. The van der Waals surface area contributed by atoms with Crippen LogP contribution in [-0.4, -0.2) is 0 Å². The average Bonchev–Trinajstić information content (AvgIpc) is 2.16. The van der Waals surface area contributed by atoms with Crippen molar-refractivity contribution in [2.75, 3.05) is 0 Å². The highest BCUT2D eigenvalue weighted by molar-refractivity contribution is 4.95. The van der Waals surface area contributed by atoms with Crippen molar-refractivity contribution in [2.24, 2.45) is 17.8 Å². The van der Waals surface area contributed by atoms with Crippen LogP contribution in [0.3, 0.4) is 0 Å². The predicted molar refractivity (Wildman–Crippen MR) is 66.2 cm³/mol. The fourth-order valence-electron chi connectivity index (χ4n) is 1.74. The molecule has 2 atom stereocenters. The summed E-state index contributed by atoms with van der Waals surface area (Å²) in [7, 11) is 0. The molecule has 0 bridgehead atoms. The zero-order valence-corrected chi connectivity index (χ0v) is 11.1. The molecular formula is C14H29. The molecule has 0 nitrogen and oxygen atoms in total. The van der Waals surface area contributed by atoms with Crippen molar-refractivity contribution in [3.05, 3.63) is 5.92 Å². The maximum absolute atomic E-state index is 2.37. The quantitative estimate of drug-likeness (QED) is 0.533. The largest absolute Gasteiger partial charge is 0.0651 e. The molecule has 0 heteroatoms. The smallest absolute Gasteiger partial charge is 0.0210 e. The Balaban J connectivity index is 4.02. The summed E-state index contributed by atoms with van der Waals surface area (Å²) in [6.07, 6.45) is 5.32. The van der Waals surface area contributed by atoms with Crippen LogP contribution in [0.5, 0.6) is 0 Å². The Kier molecular flexibility index (Phi) is 7.31. The Bertz CT molecular complexity index is 114. The van der Waals surface area contributed by atoms with E-state index in [1.807, 2.05) is 0 Å². The van der Waals surface area contributed by atoms with Gasteiger partial charge in [-0.25, -0.2) is 0 Å². The summed E-state index contributed by atoms with van der Waals surface area (Å²) in [6, 6.07) is 0. The molecule has 0 fully saturated rings. The van der Waals surface area contributed by atoms with Crippen LogP contribution in [0, 0.1) is 23.7 Å². The second-order valence-electron chi connectivity index (χ2n) is 5.25. The Hall–Kier alpha value is 0. The van der Waals surface area contributed by atoms with E-state index in [1.54, 1.807) is 5.92 Å². The van der Waals surface area contributed by atoms with E-state index in [-0.39, 0.29) is 0 Å². The lowest BCUT2D eigenvalue weighted by Crippen LogP contribution is -2.13. The standard InChI is InChI=1S/C14H29/c1-7-12(5)9-14(11(3)4)10-13(6)8-2/h11-13H,7-10H2,1-6H3. The van der Waals surface area contributed by atoms with Crippen LogP contribution >= 0.6 is 0 Å². The summed E-state index contributed by atoms with van der Waals surface area (Å²) in [4.78, 5) is 0. The highest BCUT2D eigenvalue weighted by Crippen LogP contribution is 2.30. The Morgan fingerprint density at radius 1 is 0.786 bits per heavy atom. The van der Waals surface area contributed by atoms with E-state index < -0.39 is 0 Å². The van der Waals surface area contributed by atoms with Crippen molar-refractivity contribution >= 4 is 0 Å². The molecule has 0 saturated heterocycles. The molecule has 0 aliphatic carbocycles. The SMILES string of the molecule is CCC(C)C[C](CC(C)CC)C(C)C. The van der Waals surface area contributed by atoms with Gasteiger partial charge in [-0.15, -0.1) is 0 Å². The molecule has 2 unspecified atom stereocenters. The second kappa shape index (κ2) is 7.31. The molecule has 0 amide bonds. The van der Waals surface area contributed by atoms with E-state index >= 15 is 0 Å². The zero-order valence-electron chi connectivity index (χ0n) is 11.1. The Labute approximate surface area is 91.5 Å². The van der Waals surface area contributed by atoms with Gasteiger partial charge in [-0.05, 0) is 36.5 Å². The van der Waals surface area contributed by atoms with Crippen LogP contribution in [0.15, 0.2) is 0 Å². The minimum atomic E-state index is 0.776. The van der Waals surface area contributed by atoms with Crippen molar-refractivity contribution in [2.45, 2.75) is 67.2 Å². The van der Waals surface area contributed by atoms with Gasteiger partial charge in [-0.3, -0.25) is 0 Å². The predicted octanol–water partition coefficient (Wildman–Crippen LogP) is 5.09. The molecule has 0 rings (SSSR count). The third-order valence-electron chi connectivity index (χ3n) is 3.43. The molecule has 0 N–H and O–H groups in total. The first-order chi connectivity index (χ1) is 6.51. The Morgan fingerprint density at radius 3 is 1.36 bits per heavy atom. The fraction of sp³-hybridized carbons (Fsp3) is 0.929. The molecular weight excluding hydrogens is 168 g/mol. The summed E-state index contributed by atoms with van der Waals surface area (Å²) < 4.78 is 0. The second-order valence-corrected chi connectivity index (χ2v) is 5.25. The van der Waals surface area contributed by atoms with Gasteiger partial charge < -0.3 is 0 Å². The monoisotopic (exact) mass is 197 g/mol. The van der Waals surface area contributed by atoms with Crippen molar-refractivity contribution in [3.8, 4) is 0 Å². The van der Waals surface area contributed by atoms with Crippen LogP contribution in [0.2, 0.25) is 0 Å². The summed E-state index contributed by atoms with van der Waals surface area (Å²) in [5, 5.41) is 0. The highest BCUT2D eigenvalue weighted by atomic mass is 14.2. The first kappa shape index (κ1) is 14.0. The minimum absolute atomic E-state index is 0.776. The van der Waals surface area contributed by atoms with Crippen molar-refractivity contribution < 1.29 is 0 Å². The maximum Gasteiger partial charge on any atom is -0.0210 e. The van der Waals surface area contributed by atoms with E-state index in [2.05, 4.69) is 41.5 Å². The Morgan fingerprint density at radius 2 is 1.14 bits per heavy atom. The molecule has 0 aliphatic heterocycles. The van der Waals surface area contributed by atoms with E-state index in [9.17, 15) is 0 Å². The highest BCUT2D eigenvalue weighted by Gasteiger charge is 2.18. The molecule has 14 heavy (non-hydrogen) atoms. The van der Waals surface area contributed by atoms with Crippen LogP contribution in [0.4, 0.5) is 0 Å². The molecule has 85 valence electrons. The first-order valence-corrected chi connectivity index (χ1v) is 6.35. The van der Waals surface area contributed by atoms with Gasteiger partial charge in [-0.1, -0.05) is 54.4 Å². The molecule has 0 saturated carbocycles. The molecule has 0 aromatic carbocycles. The summed E-state index contributed by atoms with van der Waals surface area (Å²) >= 11 is 0. The normalized spacial score (nSPS) is 16.3. The fourth-order valence-corrected chi connectivity index (χ4v) is 1.74. The van der Waals surface area contributed by atoms with Gasteiger partial charge >= 0.3 is 0 Å². The minimum Gasteiger partial charge on any atom is -0.0651 e. The summed E-state index contributed by atoms with van der Waals surface area (Å²) in [5.74, 6) is 4.31. The molecule has 0 aliphatic rings. The van der Waals surface area contributed by atoms with E-state index in [0.717, 1.165) is 17.8 Å². The van der Waals surface area contributed by atoms with E-state index in [0.29, 0.717) is 0 Å². The van der Waals surface area contributed by atoms with E-state index in [4.69, 9.17) is 0 Å². The van der Waals surface area contributed by atoms with Crippen LogP contribution in [0.1, 0.15) is 67.2 Å². The van der Waals surface area contributed by atoms with Gasteiger partial charge in [0.25, 0.3) is 0 Å². The number of hydrogen-bond donors (Lipinski definition) is 0. The topological polar surface area (TPSA) is 0 Å². The van der Waals surface area contributed by atoms with Crippen molar-refractivity contribution in [1.82, 2.24) is 0 Å². The number of rotatable bonds is 7. The lowest BCUT2D eigenvalue weighted by molar-refractivity contribution is 0.401. The van der Waals surface area contributed by atoms with Gasteiger partial charge in [-0.2, -0.15) is 0 Å². The maximum atomic E-state index is 2.37. The van der Waals surface area contributed by atoms with E-state index in [1.165, 1.54) is 25.7 Å². The van der Waals surface area contributed by atoms with Crippen molar-refractivity contribution in [1.29, 1.82) is 0 Å². The van der Waals surface area contributed by atoms with Gasteiger partial charge in [0.1, 0.15) is 0 Å². The third kappa shape index (κ3) is 5.67. The summed E-state index contributed by atoms with van der Waals surface area (Å²) in [5.41, 5.74) is 0. The number of hydrogen-bond acceptors (Lipinski definition) is 0. The van der Waals surface area contributed by atoms with Crippen LogP contribution in [0.25, 0.3) is 0 Å². The zero-order chi connectivity index (χ0) is 11.1. The molecule has 0 heterocycles. The molecule has 0 spiro atoms. The van der Waals surface area contributed by atoms with Gasteiger partial charge in [0.2, 0.25) is 0 Å². The van der Waals surface area contributed by atoms with Crippen LogP contribution < -0.4 is 0 Å².